The molecule has 1 aliphatic rings. The highest BCUT2D eigenvalue weighted by Gasteiger charge is 2.22. The van der Waals surface area contributed by atoms with Gasteiger partial charge in [0.15, 0.2) is 0 Å². The second kappa shape index (κ2) is 7.44. The van der Waals surface area contributed by atoms with Crippen molar-refractivity contribution in [2.24, 2.45) is 11.8 Å². The molecule has 1 amide bonds. The highest BCUT2D eigenvalue weighted by molar-refractivity contribution is 5.91. The van der Waals surface area contributed by atoms with E-state index in [4.69, 9.17) is 0 Å². The Morgan fingerprint density at radius 3 is 2.75 bits per heavy atom. The first-order valence-corrected chi connectivity index (χ1v) is 7.79. The smallest absolute Gasteiger partial charge is 0.224 e. The fraction of sp³-hybridized carbons (Fsp3) is 0.588. The van der Waals surface area contributed by atoms with Gasteiger partial charge in [-0.2, -0.15) is 0 Å². The molecular weight excluding hydrogens is 248 g/mol. The zero-order valence-electron chi connectivity index (χ0n) is 12.6. The predicted molar refractivity (Wildman–Crippen MR) is 83.8 cm³/mol. The number of aryl methyl sites for hydroxylation is 1. The summed E-state index contributed by atoms with van der Waals surface area (Å²) >= 11 is 0. The van der Waals surface area contributed by atoms with Crippen LogP contribution in [0.1, 0.15) is 38.7 Å². The van der Waals surface area contributed by atoms with E-state index in [0.717, 1.165) is 25.2 Å². The van der Waals surface area contributed by atoms with Gasteiger partial charge in [0.05, 0.1) is 0 Å². The van der Waals surface area contributed by atoms with Crippen LogP contribution in [0.4, 0.5) is 5.69 Å². The quantitative estimate of drug-likeness (QED) is 0.865. The van der Waals surface area contributed by atoms with Crippen LogP contribution in [0.5, 0.6) is 0 Å². The molecule has 0 aliphatic carbocycles. The summed E-state index contributed by atoms with van der Waals surface area (Å²) in [6.07, 6.45) is 3.96. The van der Waals surface area contributed by atoms with Gasteiger partial charge in [-0.3, -0.25) is 4.79 Å². The Kier molecular flexibility index (Phi) is 5.60. The second-order valence-corrected chi connectivity index (χ2v) is 5.83. The number of piperidine rings is 1. The molecule has 2 rings (SSSR count). The first kappa shape index (κ1) is 15.0. The third kappa shape index (κ3) is 4.07. The van der Waals surface area contributed by atoms with Crippen molar-refractivity contribution in [3.05, 3.63) is 29.8 Å². The van der Waals surface area contributed by atoms with Crippen LogP contribution in [0.2, 0.25) is 0 Å². The maximum atomic E-state index is 12.2. The van der Waals surface area contributed by atoms with Crippen LogP contribution in [-0.4, -0.2) is 19.0 Å². The van der Waals surface area contributed by atoms with E-state index in [1.54, 1.807) is 0 Å². The van der Waals surface area contributed by atoms with E-state index in [1.807, 2.05) is 18.2 Å². The number of hydrogen-bond acceptors (Lipinski definition) is 2. The van der Waals surface area contributed by atoms with Crippen molar-refractivity contribution in [2.45, 2.75) is 39.5 Å². The van der Waals surface area contributed by atoms with Gasteiger partial charge in [0.25, 0.3) is 0 Å². The molecule has 20 heavy (non-hydrogen) atoms. The van der Waals surface area contributed by atoms with Crippen LogP contribution in [0.3, 0.4) is 0 Å². The summed E-state index contributed by atoms with van der Waals surface area (Å²) in [5.41, 5.74) is 2.17. The standard InChI is InChI=1S/C17H26N2O/c1-3-14-6-4-5-7-16(14)19-17(20)12-13(2)15-8-10-18-11-9-15/h4-7,13,15,18H,3,8-12H2,1-2H3,(H,19,20). The summed E-state index contributed by atoms with van der Waals surface area (Å²) in [4.78, 5) is 12.2. The number of benzene rings is 1. The number of anilines is 1. The van der Waals surface area contributed by atoms with Crippen LogP contribution in [0.25, 0.3) is 0 Å². The molecule has 0 saturated carbocycles. The lowest BCUT2D eigenvalue weighted by Gasteiger charge is -2.28. The zero-order valence-corrected chi connectivity index (χ0v) is 12.6. The van der Waals surface area contributed by atoms with E-state index < -0.39 is 0 Å². The molecule has 0 bridgehead atoms. The number of carbonyl (C=O) groups is 1. The molecule has 1 heterocycles. The molecule has 1 saturated heterocycles. The Morgan fingerprint density at radius 2 is 2.05 bits per heavy atom. The lowest BCUT2D eigenvalue weighted by Crippen LogP contribution is -2.32. The van der Waals surface area contributed by atoms with Crippen molar-refractivity contribution >= 4 is 11.6 Å². The van der Waals surface area contributed by atoms with Crippen LogP contribution in [0, 0.1) is 11.8 Å². The van der Waals surface area contributed by atoms with E-state index in [0.29, 0.717) is 18.3 Å². The Morgan fingerprint density at radius 1 is 1.35 bits per heavy atom. The number of para-hydroxylation sites is 1. The lowest BCUT2D eigenvalue weighted by molar-refractivity contribution is -0.117. The summed E-state index contributed by atoms with van der Waals surface area (Å²) in [5.74, 6) is 1.30. The van der Waals surface area contributed by atoms with Gasteiger partial charge in [0.1, 0.15) is 0 Å². The molecule has 1 aliphatic heterocycles. The first-order chi connectivity index (χ1) is 9.70. The minimum absolute atomic E-state index is 0.150. The maximum Gasteiger partial charge on any atom is 0.224 e. The van der Waals surface area contributed by atoms with Crippen LogP contribution in [0.15, 0.2) is 24.3 Å². The summed E-state index contributed by atoms with van der Waals surface area (Å²) in [6, 6.07) is 8.06. The normalized spacial score (nSPS) is 17.7. The second-order valence-electron chi connectivity index (χ2n) is 5.83. The van der Waals surface area contributed by atoms with Crippen LogP contribution in [-0.2, 0) is 11.2 Å². The predicted octanol–water partition coefficient (Wildman–Crippen LogP) is 3.21. The minimum atomic E-state index is 0.150. The molecule has 0 radical (unpaired) electrons. The number of hydrogen-bond donors (Lipinski definition) is 2. The Hall–Kier alpha value is -1.35. The first-order valence-electron chi connectivity index (χ1n) is 7.79. The molecule has 1 fully saturated rings. The van der Waals surface area contributed by atoms with Gasteiger partial charge in [0.2, 0.25) is 5.91 Å². The lowest BCUT2D eigenvalue weighted by atomic mass is 9.84. The van der Waals surface area contributed by atoms with Crippen molar-refractivity contribution in [3.8, 4) is 0 Å². The Labute approximate surface area is 122 Å². The molecule has 3 heteroatoms. The Bertz CT molecular complexity index is 438. The summed E-state index contributed by atoms with van der Waals surface area (Å²) in [7, 11) is 0. The molecule has 0 spiro atoms. The van der Waals surface area contributed by atoms with Crippen molar-refractivity contribution in [1.29, 1.82) is 0 Å². The summed E-state index contributed by atoms with van der Waals surface area (Å²) < 4.78 is 0. The van der Waals surface area contributed by atoms with Gasteiger partial charge >= 0.3 is 0 Å². The van der Waals surface area contributed by atoms with Gasteiger partial charge in [-0.05, 0) is 55.8 Å². The van der Waals surface area contributed by atoms with Gasteiger partial charge in [-0.25, -0.2) is 0 Å². The van der Waals surface area contributed by atoms with E-state index in [1.165, 1.54) is 18.4 Å². The third-order valence-corrected chi connectivity index (χ3v) is 4.37. The van der Waals surface area contributed by atoms with Gasteiger partial charge < -0.3 is 10.6 Å². The maximum absolute atomic E-state index is 12.2. The molecular formula is C17H26N2O. The SMILES string of the molecule is CCc1ccccc1NC(=O)CC(C)C1CCNCC1. The molecule has 110 valence electrons. The van der Waals surface area contributed by atoms with Crippen molar-refractivity contribution < 1.29 is 4.79 Å². The van der Waals surface area contributed by atoms with Crippen molar-refractivity contribution in [1.82, 2.24) is 5.32 Å². The fourth-order valence-corrected chi connectivity index (χ4v) is 3.02. The molecule has 2 N–H and O–H groups in total. The average molecular weight is 274 g/mol. The summed E-state index contributed by atoms with van der Waals surface area (Å²) in [6.45, 7) is 6.51. The number of amides is 1. The number of nitrogens with one attached hydrogen (secondary N) is 2. The molecule has 1 aromatic rings. The van der Waals surface area contributed by atoms with E-state index in [2.05, 4.69) is 30.5 Å². The minimum Gasteiger partial charge on any atom is -0.326 e. The van der Waals surface area contributed by atoms with E-state index in [9.17, 15) is 4.79 Å². The number of rotatable bonds is 5. The van der Waals surface area contributed by atoms with E-state index in [-0.39, 0.29) is 5.91 Å². The molecule has 1 aromatic carbocycles. The monoisotopic (exact) mass is 274 g/mol. The highest BCUT2D eigenvalue weighted by Crippen LogP contribution is 2.25. The Balaban J connectivity index is 1.88. The molecule has 3 nitrogen and oxygen atoms in total. The van der Waals surface area contributed by atoms with Gasteiger partial charge in [-0.15, -0.1) is 0 Å². The topological polar surface area (TPSA) is 41.1 Å². The molecule has 1 unspecified atom stereocenters. The molecule has 1 atom stereocenters. The summed E-state index contributed by atoms with van der Waals surface area (Å²) in [5, 5.41) is 6.45. The largest absolute Gasteiger partial charge is 0.326 e. The van der Waals surface area contributed by atoms with Crippen molar-refractivity contribution in [2.75, 3.05) is 18.4 Å². The van der Waals surface area contributed by atoms with Crippen LogP contribution >= 0.6 is 0 Å². The number of carbonyl (C=O) groups excluding carboxylic acids is 1. The zero-order chi connectivity index (χ0) is 14.4. The van der Waals surface area contributed by atoms with Crippen molar-refractivity contribution in [3.63, 3.8) is 0 Å². The third-order valence-electron chi connectivity index (χ3n) is 4.37. The average Bonchev–Trinajstić information content (AvgIpc) is 2.48. The van der Waals surface area contributed by atoms with Crippen LogP contribution < -0.4 is 10.6 Å². The fourth-order valence-electron chi connectivity index (χ4n) is 3.02. The van der Waals surface area contributed by atoms with Gasteiger partial charge in [0, 0.05) is 12.1 Å². The van der Waals surface area contributed by atoms with E-state index >= 15 is 0 Å². The highest BCUT2D eigenvalue weighted by atomic mass is 16.1. The van der Waals surface area contributed by atoms with Gasteiger partial charge in [-0.1, -0.05) is 32.0 Å². The molecule has 0 aromatic heterocycles.